The zero-order valence-corrected chi connectivity index (χ0v) is 15.9. The zero-order valence-electron chi connectivity index (χ0n) is 15.1. The minimum atomic E-state index is -0.416. The van der Waals surface area contributed by atoms with E-state index < -0.39 is 5.82 Å². The van der Waals surface area contributed by atoms with Crippen LogP contribution in [-0.4, -0.2) is 26.9 Å². The summed E-state index contributed by atoms with van der Waals surface area (Å²) in [6.07, 6.45) is 2.13. The number of aliphatic hydroxyl groups excluding tert-OH is 1. The number of benzene rings is 2. The molecular formula is C21H18ClFN4O. The van der Waals surface area contributed by atoms with E-state index in [4.69, 9.17) is 11.6 Å². The predicted octanol–water partition coefficient (Wildman–Crippen LogP) is 5.00. The predicted molar refractivity (Wildman–Crippen MR) is 110 cm³/mol. The average molecular weight is 397 g/mol. The number of hydrogen-bond acceptors (Lipinski definition) is 4. The van der Waals surface area contributed by atoms with E-state index in [0.29, 0.717) is 28.8 Å². The second-order valence-corrected chi connectivity index (χ2v) is 6.87. The van der Waals surface area contributed by atoms with Crippen LogP contribution < -0.4 is 5.32 Å². The summed E-state index contributed by atoms with van der Waals surface area (Å²) in [4.78, 5) is 4.22. The highest BCUT2D eigenvalue weighted by molar-refractivity contribution is 6.32. The third kappa shape index (κ3) is 3.44. The molecule has 0 atom stereocenters. The van der Waals surface area contributed by atoms with Gasteiger partial charge >= 0.3 is 0 Å². The molecule has 0 radical (unpaired) electrons. The van der Waals surface area contributed by atoms with E-state index in [-0.39, 0.29) is 11.8 Å². The van der Waals surface area contributed by atoms with Crippen LogP contribution in [0.2, 0.25) is 5.15 Å². The van der Waals surface area contributed by atoms with Crippen molar-refractivity contribution in [3.05, 3.63) is 70.9 Å². The summed E-state index contributed by atoms with van der Waals surface area (Å²) in [6, 6.07) is 12.6. The van der Waals surface area contributed by atoms with Crippen molar-refractivity contribution in [3.8, 4) is 11.1 Å². The van der Waals surface area contributed by atoms with E-state index in [2.05, 4.69) is 20.5 Å². The number of nitrogens with zero attached hydrogens (tertiary/aromatic N) is 2. The van der Waals surface area contributed by atoms with Gasteiger partial charge < -0.3 is 10.4 Å². The Morgan fingerprint density at radius 3 is 2.82 bits per heavy atom. The van der Waals surface area contributed by atoms with Crippen LogP contribution in [0.1, 0.15) is 11.3 Å². The number of aromatic amines is 1. The van der Waals surface area contributed by atoms with Crippen molar-refractivity contribution in [1.29, 1.82) is 0 Å². The first-order chi connectivity index (χ1) is 13.6. The van der Waals surface area contributed by atoms with Crippen molar-refractivity contribution in [2.45, 2.75) is 13.3 Å². The minimum absolute atomic E-state index is 0.0537. The summed E-state index contributed by atoms with van der Waals surface area (Å²) in [5, 5.41) is 20.5. The molecule has 0 bridgehead atoms. The molecule has 5 nitrogen and oxygen atoms in total. The number of rotatable bonds is 5. The molecular weight excluding hydrogens is 379 g/mol. The molecule has 142 valence electrons. The molecule has 2 aromatic heterocycles. The second kappa shape index (κ2) is 7.58. The maximum atomic E-state index is 14.7. The smallest absolute Gasteiger partial charge is 0.137 e. The molecule has 4 aromatic rings. The van der Waals surface area contributed by atoms with Gasteiger partial charge in [0.2, 0.25) is 0 Å². The van der Waals surface area contributed by atoms with Crippen LogP contribution in [0.25, 0.3) is 22.0 Å². The van der Waals surface area contributed by atoms with Gasteiger partial charge in [0.05, 0.1) is 17.4 Å². The van der Waals surface area contributed by atoms with E-state index in [1.165, 1.54) is 6.07 Å². The lowest BCUT2D eigenvalue weighted by Crippen LogP contribution is -1.99. The topological polar surface area (TPSA) is 73.8 Å². The monoisotopic (exact) mass is 396 g/mol. The van der Waals surface area contributed by atoms with Gasteiger partial charge in [-0.1, -0.05) is 29.8 Å². The molecule has 3 N–H and O–H groups in total. The highest BCUT2D eigenvalue weighted by Gasteiger charge is 2.15. The number of aliphatic hydroxyl groups is 1. The Hall–Kier alpha value is -2.96. The van der Waals surface area contributed by atoms with Crippen LogP contribution in [-0.2, 0) is 6.42 Å². The Labute approximate surface area is 166 Å². The summed E-state index contributed by atoms with van der Waals surface area (Å²) in [5.74, 6) is -0.416. The van der Waals surface area contributed by atoms with Gasteiger partial charge in [-0.25, -0.2) is 9.37 Å². The van der Waals surface area contributed by atoms with Gasteiger partial charge in [0, 0.05) is 40.6 Å². The normalized spacial score (nSPS) is 11.1. The molecule has 4 rings (SSSR count). The highest BCUT2D eigenvalue weighted by atomic mass is 35.5. The molecule has 2 heterocycles. The first kappa shape index (κ1) is 18.4. The Bertz CT molecular complexity index is 1160. The SMILES string of the molecule is Cc1[nH]nc2cc(F)c(-c3cc(Nc4ccccc4CCO)cnc3Cl)cc12. The van der Waals surface area contributed by atoms with E-state index in [9.17, 15) is 9.50 Å². The molecule has 0 aliphatic heterocycles. The molecule has 0 spiro atoms. The molecule has 0 saturated carbocycles. The number of anilines is 2. The van der Waals surface area contributed by atoms with E-state index in [1.807, 2.05) is 31.2 Å². The van der Waals surface area contributed by atoms with Gasteiger partial charge in [-0.15, -0.1) is 0 Å². The fraction of sp³-hybridized carbons (Fsp3) is 0.143. The fourth-order valence-electron chi connectivity index (χ4n) is 3.21. The maximum Gasteiger partial charge on any atom is 0.137 e. The third-order valence-electron chi connectivity index (χ3n) is 4.64. The van der Waals surface area contributed by atoms with Crippen molar-refractivity contribution >= 4 is 33.9 Å². The van der Waals surface area contributed by atoms with Crippen molar-refractivity contribution in [3.63, 3.8) is 0 Å². The van der Waals surface area contributed by atoms with E-state index in [1.54, 1.807) is 18.3 Å². The van der Waals surface area contributed by atoms with Gasteiger partial charge in [0.1, 0.15) is 11.0 Å². The maximum absolute atomic E-state index is 14.7. The summed E-state index contributed by atoms with van der Waals surface area (Å²) in [6.45, 7) is 1.94. The van der Waals surface area contributed by atoms with Crippen molar-refractivity contribution in [2.24, 2.45) is 0 Å². The number of para-hydroxylation sites is 1. The van der Waals surface area contributed by atoms with Gasteiger partial charge in [-0.05, 0) is 37.1 Å². The summed E-state index contributed by atoms with van der Waals surface area (Å²) in [5.41, 5.74) is 4.78. The van der Waals surface area contributed by atoms with Crippen LogP contribution in [0.3, 0.4) is 0 Å². The summed E-state index contributed by atoms with van der Waals surface area (Å²) in [7, 11) is 0. The molecule has 28 heavy (non-hydrogen) atoms. The molecule has 2 aromatic carbocycles. The second-order valence-electron chi connectivity index (χ2n) is 6.52. The number of fused-ring (bicyclic) bond motifs is 1. The number of pyridine rings is 1. The standard InChI is InChI=1S/C21H18ClFN4O/c1-12-15-9-16(18(23)10-20(15)27-26-12)17-8-14(11-24-21(17)22)25-19-5-3-2-4-13(19)6-7-28/h2-5,8-11,25,28H,6-7H2,1H3,(H,26,27). The molecule has 0 aliphatic carbocycles. The summed E-state index contributed by atoms with van der Waals surface area (Å²) >= 11 is 6.29. The van der Waals surface area contributed by atoms with E-state index in [0.717, 1.165) is 22.3 Å². The van der Waals surface area contributed by atoms with Crippen molar-refractivity contribution in [1.82, 2.24) is 15.2 Å². The van der Waals surface area contributed by atoms with Gasteiger partial charge in [-0.3, -0.25) is 5.10 Å². The van der Waals surface area contributed by atoms with Crippen LogP contribution in [0.5, 0.6) is 0 Å². The number of halogens is 2. The van der Waals surface area contributed by atoms with E-state index >= 15 is 0 Å². The Kier molecular flexibility index (Phi) is 4.98. The zero-order chi connectivity index (χ0) is 19.7. The van der Waals surface area contributed by atoms with Crippen molar-refractivity contribution in [2.75, 3.05) is 11.9 Å². The highest BCUT2D eigenvalue weighted by Crippen LogP contribution is 2.34. The number of aryl methyl sites for hydroxylation is 1. The van der Waals surface area contributed by atoms with Crippen LogP contribution in [0.4, 0.5) is 15.8 Å². The molecule has 0 amide bonds. The first-order valence-electron chi connectivity index (χ1n) is 8.82. The number of hydrogen-bond donors (Lipinski definition) is 3. The Balaban J connectivity index is 1.76. The van der Waals surface area contributed by atoms with Gasteiger partial charge in [-0.2, -0.15) is 5.10 Å². The molecule has 0 saturated heterocycles. The fourth-order valence-corrected chi connectivity index (χ4v) is 3.41. The van der Waals surface area contributed by atoms with Crippen LogP contribution in [0.15, 0.2) is 48.7 Å². The van der Waals surface area contributed by atoms with Crippen LogP contribution in [0, 0.1) is 12.7 Å². The molecule has 7 heteroatoms. The quantitative estimate of drug-likeness (QED) is 0.415. The Morgan fingerprint density at radius 1 is 1.18 bits per heavy atom. The Morgan fingerprint density at radius 2 is 2.00 bits per heavy atom. The molecule has 0 fully saturated rings. The van der Waals surface area contributed by atoms with Gasteiger partial charge in [0.25, 0.3) is 0 Å². The van der Waals surface area contributed by atoms with Crippen molar-refractivity contribution < 1.29 is 9.50 Å². The summed E-state index contributed by atoms with van der Waals surface area (Å²) < 4.78 is 14.7. The molecule has 0 aliphatic rings. The lowest BCUT2D eigenvalue weighted by molar-refractivity contribution is 0.300. The molecule has 0 unspecified atom stereocenters. The first-order valence-corrected chi connectivity index (χ1v) is 9.20. The lowest BCUT2D eigenvalue weighted by Gasteiger charge is -2.13. The van der Waals surface area contributed by atoms with Crippen LogP contribution >= 0.6 is 11.6 Å². The minimum Gasteiger partial charge on any atom is -0.396 e. The average Bonchev–Trinajstić information content (AvgIpc) is 3.04. The number of aromatic nitrogens is 3. The lowest BCUT2D eigenvalue weighted by atomic mass is 10.0. The number of H-pyrrole nitrogens is 1. The van der Waals surface area contributed by atoms with Gasteiger partial charge in [0.15, 0.2) is 0 Å². The number of nitrogens with one attached hydrogen (secondary N) is 2. The third-order valence-corrected chi connectivity index (χ3v) is 4.94. The largest absolute Gasteiger partial charge is 0.396 e.